The molecule has 0 amide bonds. The molecule has 2 heterocycles. The Morgan fingerprint density at radius 3 is 1.51 bits per heavy atom. The third-order valence-electron chi connectivity index (χ3n) is 8.74. The fourth-order valence-electron chi connectivity index (χ4n) is 6.18. The van der Waals surface area contributed by atoms with E-state index >= 15 is 0 Å². The van der Waals surface area contributed by atoms with E-state index in [0.717, 1.165) is 11.1 Å². The van der Waals surface area contributed by atoms with Crippen LogP contribution in [0.5, 0.6) is 46.0 Å². The topological polar surface area (TPSA) is 159 Å². The molecule has 0 radical (unpaired) electrons. The molecule has 6 rings (SSSR count). The van der Waals surface area contributed by atoms with Gasteiger partial charge in [-0.3, -0.25) is 0 Å². The minimum atomic E-state index is -0.652. The summed E-state index contributed by atoms with van der Waals surface area (Å²) >= 11 is 0. The van der Waals surface area contributed by atoms with E-state index < -0.39 is 11.9 Å². The lowest BCUT2D eigenvalue weighted by molar-refractivity contribution is -0.129. The molecule has 4 atom stereocenters. The van der Waals surface area contributed by atoms with Gasteiger partial charge in [0, 0.05) is 24.0 Å². The van der Waals surface area contributed by atoms with Gasteiger partial charge in [0.05, 0.1) is 46.8 Å². The largest absolute Gasteiger partial charge is 0.504 e. The van der Waals surface area contributed by atoms with Gasteiger partial charge in [-0.1, -0.05) is 24.3 Å². The maximum Gasteiger partial charge on any atom is 0.336 e. The maximum absolute atomic E-state index is 12.6. The van der Waals surface area contributed by atoms with Crippen molar-refractivity contribution >= 4 is 24.1 Å². The second-order valence-electron chi connectivity index (χ2n) is 11.8. The van der Waals surface area contributed by atoms with Crippen molar-refractivity contribution in [1.29, 1.82) is 0 Å². The highest BCUT2D eigenvalue weighted by Gasteiger charge is 2.48. The van der Waals surface area contributed by atoms with Gasteiger partial charge in [0.2, 0.25) is 0 Å². The Kier molecular flexibility index (Phi) is 10.4. The van der Waals surface area contributed by atoms with Crippen molar-refractivity contribution in [2.45, 2.75) is 12.2 Å². The molecule has 4 aromatic rings. The molecule has 4 aromatic carbocycles. The van der Waals surface area contributed by atoms with Crippen molar-refractivity contribution in [2.24, 2.45) is 11.8 Å². The zero-order valence-corrected chi connectivity index (χ0v) is 28.0. The van der Waals surface area contributed by atoms with Crippen molar-refractivity contribution in [3.05, 3.63) is 107 Å². The quantitative estimate of drug-likeness (QED) is 0.0713. The van der Waals surface area contributed by atoms with Crippen LogP contribution in [0, 0.1) is 11.8 Å². The molecular formula is C39H36O12. The monoisotopic (exact) mass is 696 g/mol. The molecule has 0 bridgehead atoms. The molecule has 2 aliphatic heterocycles. The lowest BCUT2D eigenvalue weighted by Crippen LogP contribution is -2.15. The fourth-order valence-corrected chi connectivity index (χ4v) is 6.18. The number of phenols is 3. The Labute approximate surface area is 293 Å². The number of rotatable bonds is 11. The molecule has 0 aliphatic carbocycles. The molecule has 12 heteroatoms. The number of hydrogen-bond acceptors (Lipinski definition) is 12. The molecule has 2 saturated heterocycles. The van der Waals surface area contributed by atoms with E-state index in [2.05, 4.69) is 0 Å². The molecule has 51 heavy (non-hydrogen) atoms. The van der Waals surface area contributed by atoms with Crippen molar-refractivity contribution in [3.63, 3.8) is 0 Å². The number of benzene rings is 4. The smallest absolute Gasteiger partial charge is 0.336 e. The second kappa shape index (κ2) is 15.3. The molecule has 4 unspecified atom stereocenters. The second-order valence-corrected chi connectivity index (χ2v) is 11.8. The van der Waals surface area contributed by atoms with Gasteiger partial charge in [0.1, 0.15) is 0 Å². The van der Waals surface area contributed by atoms with E-state index in [0.29, 0.717) is 35.8 Å². The summed E-state index contributed by atoms with van der Waals surface area (Å²) in [5.41, 5.74) is 2.85. The summed E-state index contributed by atoms with van der Waals surface area (Å²) in [5.74, 6) is -0.274. The summed E-state index contributed by atoms with van der Waals surface area (Å²) in [5, 5.41) is 28.9. The summed E-state index contributed by atoms with van der Waals surface area (Å²) in [6.07, 6.45) is 4.92. The van der Waals surface area contributed by atoms with E-state index in [4.69, 9.17) is 33.2 Å². The summed E-state index contributed by atoms with van der Waals surface area (Å²) in [6, 6.07) is 19.5. The highest BCUT2D eigenvalue weighted by atomic mass is 16.6. The molecule has 0 saturated carbocycles. The van der Waals surface area contributed by atoms with Gasteiger partial charge >= 0.3 is 11.9 Å². The van der Waals surface area contributed by atoms with Crippen LogP contribution in [-0.4, -0.2) is 61.8 Å². The third kappa shape index (κ3) is 7.77. The minimum Gasteiger partial charge on any atom is -0.504 e. The number of methoxy groups -OCH3 is 3. The van der Waals surface area contributed by atoms with E-state index in [1.165, 1.54) is 57.8 Å². The highest BCUT2D eigenvalue weighted by Crippen LogP contribution is 2.51. The predicted molar refractivity (Wildman–Crippen MR) is 184 cm³/mol. The predicted octanol–water partition coefficient (Wildman–Crippen LogP) is 6.14. The lowest BCUT2D eigenvalue weighted by Gasteiger charge is -2.19. The first-order chi connectivity index (χ1) is 24.7. The number of hydrogen-bond donors (Lipinski definition) is 3. The van der Waals surface area contributed by atoms with Gasteiger partial charge in [-0.15, -0.1) is 0 Å². The van der Waals surface area contributed by atoms with Crippen LogP contribution in [0.25, 0.3) is 12.2 Å². The molecular weight excluding hydrogens is 660 g/mol. The summed E-state index contributed by atoms with van der Waals surface area (Å²) < 4.78 is 39.8. The molecule has 12 nitrogen and oxygen atoms in total. The Hall–Kier alpha value is -5.98. The van der Waals surface area contributed by atoms with Gasteiger partial charge in [0.25, 0.3) is 0 Å². The molecule has 2 aliphatic rings. The van der Waals surface area contributed by atoms with Crippen LogP contribution in [0.3, 0.4) is 0 Å². The zero-order valence-electron chi connectivity index (χ0n) is 28.0. The summed E-state index contributed by atoms with van der Waals surface area (Å²) in [6.45, 7) is 0.894. The molecule has 264 valence electrons. The average Bonchev–Trinajstić information content (AvgIpc) is 3.75. The molecule has 0 aromatic heterocycles. The van der Waals surface area contributed by atoms with Crippen LogP contribution < -0.4 is 23.7 Å². The number of aromatic hydroxyl groups is 3. The van der Waals surface area contributed by atoms with Gasteiger partial charge in [-0.2, -0.15) is 0 Å². The number of fused-ring (bicyclic) bond motifs is 1. The molecule has 2 fully saturated rings. The van der Waals surface area contributed by atoms with E-state index in [1.807, 2.05) is 12.1 Å². The molecule has 3 N–H and O–H groups in total. The van der Waals surface area contributed by atoms with Crippen LogP contribution in [-0.2, 0) is 19.1 Å². The number of phenolic OH excluding ortho intramolecular Hbond substituents is 3. The number of esters is 2. The van der Waals surface area contributed by atoms with Crippen molar-refractivity contribution in [2.75, 3.05) is 34.5 Å². The van der Waals surface area contributed by atoms with Crippen molar-refractivity contribution < 1.29 is 58.1 Å². The summed E-state index contributed by atoms with van der Waals surface area (Å²) in [4.78, 5) is 25.2. The van der Waals surface area contributed by atoms with Crippen LogP contribution in [0.15, 0.2) is 84.9 Å². The van der Waals surface area contributed by atoms with E-state index in [9.17, 15) is 24.9 Å². The number of carbonyl (C=O) groups is 2. The van der Waals surface area contributed by atoms with Gasteiger partial charge in [0.15, 0.2) is 46.0 Å². The van der Waals surface area contributed by atoms with Gasteiger partial charge in [-0.25, -0.2) is 9.59 Å². The summed E-state index contributed by atoms with van der Waals surface area (Å²) in [7, 11) is 4.42. The fraction of sp³-hybridized carbons (Fsp3) is 0.231. The van der Waals surface area contributed by atoms with Crippen LogP contribution in [0.1, 0.15) is 34.5 Å². The Balaban J connectivity index is 1.09. The van der Waals surface area contributed by atoms with E-state index in [1.54, 1.807) is 48.5 Å². The van der Waals surface area contributed by atoms with Crippen LogP contribution in [0.2, 0.25) is 0 Å². The lowest BCUT2D eigenvalue weighted by atomic mass is 9.85. The number of carbonyl (C=O) groups excluding carboxylic acids is 2. The van der Waals surface area contributed by atoms with Crippen LogP contribution in [0.4, 0.5) is 0 Å². The van der Waals surface area contributed by atoms with Crippen LogP contribution >= 0.6 is 0 Å². The Bertz CT molecular complexity index is 1980. The first-order valence-electron chi connectivity index (χ1n) is 15.9. The zero-order chi connectivity index (χ0) is 36.1. The first kappa shape index (κ1) is 34.9. The highest BCUT2D eigenvalue weighted by molar-refractivity contribution is 5.90. The standard InChI is InChI=1S/C39H36O12/c1-45-33-17-23(5-11-29(33)41)7-15-37(44)51-32-13-9-25(19-35(32)47-3)39-27-21-48-38(26(27)20-49-39)24-8-12-31(34(18-24)46-2)50-36(43)14-6-22-4-10-28(40)30(42)16-22/h4-19,26-27,38-42H,20-21H2,1-3H3. The van der Waals surface area contributed by atoms with Gasteiger partial charge in [-0.05, 0) is 82.9 Å². The van der Waals surface area contributed by atoms with Crippen molar-refractivity contribution in [1.82, 2.24) is 0 Å². The van der Waals surface area contributed by atoms with E-state index in [-0.39, 0.29) is 58.5 Å². The Morgan fingerprint density at radius 1 is 0.569 bits per heavy atom. The minimum absolute atomic E-state index is 0.00396. The first-order valence-corrected chi connectivity index (χ1v) is 15.9. The maximum atomic E-state index is 12.6. The number of ether oxygens (including phenoxy) is 7. The van der Waals surface area contributed by atoms with Crippen molar-refractivity contribution in [3.8, 4) is 46.0 Å². The SMILES string of the molecule is COc1cc(C=CC(=O)Oc2ccc(C3OCC4C(c5ccc(OC(=O)C=Cc6ccc(O)c(O)c6)c(OC)c5)OCC34)cc2OC)ccc1O. The third-order valence-corrected chi connectivity index (χ3v) is 8.74. The average molecular weight is 697 g/mol. The van der Waals surface area contributed by atoms with Gasteiger partial charge < -0.3 is 48.5 Å². The molecule has 0 spiro atoms. The normalized spacial score (nSPS) is 19.6. The Morgan fingerprint density at radius 2 is 1.04 bits per heavy atom.